The summed E-state index contributed by atoms with van der Waals surface area (Å²) in [5.41, 5.74) is -2.43. The van der Waals surface area contributed by atoms with Gasteiger partial charge in [0.25, 0.3) is 0 Å². The van der Waals surface area contributed by atoms with Crippen LogP contribution in [-0.4, -0.2) is 49.9 Å². The van der Waals surface area contributed by atoms with Gasteiger partial charge in [-0.2, -0.15) is 0 Å². The van der Waals surface area contributed by atoms with Gasteiger partial charge in [0.15, 0.2) is 11.6 Å². The molecule has 166 valence electrons. The van der Waals surface area contributed by atoms with E-state index in [0.29, 0.717) is 12.8 Å². The molecular formula is C21H29O8P. The number of rotatable bonds is 3. The predicted molar refractivity (Wildman–Crippen MR) is 106 cm³/mol. The number of carbonyl (C=O) groups is 2. The number of allylic oxidation sites excluding steroid dienone is 4. The Morgan fingerprint density at radius 2 is 1.93 bits per heavy atom. The van der Waals surface area contributed by atoms with Crippen LogP contribution in [0.2, 0.25) is 0 Å². The molecule has 0 spiro atoms. The second-order valence-corrected chi connectivity index (χ2v) is 11.1. The third-order valence-electron chi connectivity index (χ3n) is 8.17. The number of ketones is 2. The largest absolute Gasteiger partial charge is 0.469 e. The molecule has 4 aliphatic rings. The van der Waals surface area contributed by atoms with E-state index in [4.69, 9.17) is 9.79 Å². The summed E-state index contributed by atoms with van der Waals surface area (Å²) in [5.74, 6) is -0.726. The van der Waals surface area contributed by atoms with Crippen molar-refractivity contribution in [3.05, 3.63) is 23.8 Å². The lowest BCUT2D eigenvalue weighted by atomic mass is 9.43. The lowest BCUT2D eigenvalue weighted by molar-refractivity contribution is -0.187. The topological polar surface area (TPSA) is 141 Å². The molecule has 4 aliphatic carbocycles. The number of Topliss-reactive ketones (excluding diaryl/α,β-unsaturated/α-hetero) is 1. The fraction of sp³-hybridized carbons (Fsp3) is 0.714. The Kier molecular flexibility index (Phi) is 5.09. The summed E-state index contributed by atoms with van der Waals surface area (Å²) < 4.78 is 15.6. The first-order valence-electron chi connectivity index (χ1n) is 10.4. The van der Waals surface area contributed by atoms with Crippen LogP contribution in [0.25, 0.3) is 0 Å². The maximum atomic E-state index is 13.4. The fourth-order valence-corrected chi connectivity index (χ4v) is 7.22. The van der Waals surface area contributed by atoms with Gasteiger partial charge in [0.1, 0.15) is 5.60 Å². The Balaban J connectivity index is 1.65. The minimum absolute atomic E-state index is 0.0370. The van der Waals surface area contributed by atoms with E-state index >= 15 is 0 Å². The van der Waals surface area contributed by atoms with Gasteiger partial charge in [0.2, 0.25) is 0 Å². The minimum atomic E-state index is -4.83. The van der Waals surface area contributed by atoms with Crippen LogP contribution in [0.4, 0.5) is 0 Å². The third kappa shape index (κ3) is 3.29. The van der Waals surface area contributed by atoms with Crippen LogP contribution in [-0.2, 0) is 18.7 Å². The lowest BCUT2D eigenvalue weighted by Crippen LogP contribution is -2.65. The molecule has 0 radical (unpaired) electrons. The van der Waals surface area contributed by atoms with Crippen LogP contribution in [0, 0.1) is 28.6 Å². The van der Waals surface area contributed by atoms with E-state index in [1.807, 2.05) is 13.0 Å². The zero-order valence-corrected chi connectivity index (χ0v) is 18.0. The smallest absolute Gasteiger partial charge is 0.393 e. The maximum Gasteiger partial charge on any atom is 0.469 e. The van der Waals surface area contributed by atoms with E-state index in [1.54, 1.807) is 19.1 Å². The first-order chi connectivity index (χ1) is 13.8. The molecule has 1 unspecified atom stereocenters. The monoisotopic (exact) mass is 440 g/mol. The number of hydrogen-bond acceptors (Lipinski definition) is 6. The fourth-order valence-electron chi connectivity index (χ4n) is 6.83. The highest BCUT2D eigenvalue weighted by molar-refractivity contribution is 7.46. The summed E-state index contributed by atoms with van der Waals surface area (Å²) in [7, 11) is -4.83. The Hall–Kier alpha value is -1.15. The van der Waals surface area contributed by atoms with E-state index in [2.05, 4.69) is 4.52 Å². The van der Waals surface area contributed by atoms with Gasteiger partial charge in [-0.25, -0.2) is 4.57 Å². The second-order valence-electron chi connectivity index (χ2n) is 9.88. The molecule has 0 saturated heterocycles. The summed E-state index contributed by atoms with van der Waals surface area (Å²) in [4.78, 5) is 43.2. The Bertz CT molecular complexity index is 889. The molecule has 7 atom stereocenters. The molecule has 0 aromatic heterocycles. The SMILES string of the molecule is C[C@]12C=CC(=O)C=C1CC[C@@H]1[C@@H]2[C@@H](O)C[C@]2(C)C(=O)C(O)(COP(=O)(O)O)CC[C@@H]12. The number of phosphoric acid groups is 1. The molecule has 3 saturated carbocycles. The maximum absolute atomic E-state index is 13.4. The van der Waals surface area contributed by atoms with Crippen LogP contribution >= 0.6 is 7.82 Å². The highest BCUT2D eigenvalue weighted by Crippen LogP contribution is 2.63. The van der Waals surface area contributed by atoms with Crippen molar-refractivity contribution in [1.29, 1.82) is 0 Å². The Morgan fingerprint density at radius 3 is 2.60 bits per heavy atom. The first kappa shape index (κ1) is 22.1. The lowest BCUT2D eigenvalue weighted by Gasteiger charge is -2.61. The highest BCUT2D eigenvalue weighted by atomic mass is 31.2. The van der Waals surface area contributed by atoms with Crippen molar-refractivity contribution in [2.45, 2.75) is 57.7 Å². The van der Waals surface area contributed by atoms with Crippen LogP contribution < -0.4 is 0 Å². The average Bonchev–Trinajstić information content (AvgIpc) is 2.64. The summed E-state index contributed by atoms with van der Waals surface area (Å²) in [5, 5.41) is 22.1. The quantitative estimate of drug-likeness (QED) is 0.486. The molecule has 0 aromatic carbocycles. The van der Waals surface area contributed by atoms with E-state index < -0.39 is 42.7 Å². The van der Waals surface area contributed by atoms with Crippen molar-refractivity contribution in [3.63, 3.8) is 0 Å². The Labute approximate surface area is 175 Å². The number of phosphoric ester groups is 1. The molecule has 0 aromatic rings. The van der Waals surface area contributed by atoms with Gasteiger partial charge in [-0.05, 0) is 56.1 Å². The normalized spacial score (nSPS) is 46.0. The van der Waals surface area contributed by atoms with Crippen LogP contribution in [0.5, 0.6) is 0 Å². The number of carbonyl (C=O) groups excluding carboxylic acids is 2. The van der Waals surface area contributed by atoms with Crippen molar-refractivity contribution in [2.75, 3.05) is 6.61 Å². The van der Waals surface area contributed by atoms with Gasteiger partial charge in [0.05, 0.1) is 12.7 Å². The van der Waals surface area contributed by atoms with E-state index in [9.17, 15) is 24.4 Å². The van der Waals surface area contributed by atoms with Gasteiger partial charge in [0, 0.05) is 16.7 Å². The zero-order valence-electron chi connectivity index (χ0n) is 17.2. The number of aliphatic hydroxyl groups is 2. The first-order valence-corrected chi connectivity index (χ1v) is 11.9. The number of hydrogen-bond donors (Lipinski definition) is 4. The third-order valence-corrected chi connectivity index (χ3v) is 8.63. The number of aliphatic hydroxyl groups excluding tert-OH is 1. The molecule has 3 fully saturated rings. The van der Waals surface area contributed by atoms with Gasteiger partial charge < -0.3 is 20.0 Å². The van der Waals surface area contributed by atoms with Gasteiger partial charge in [-0.15, -0.1) is 0 Å². The molecule has 0 bridgehead atoms. The minimum Gasteiger partial charge on any atom is -0.393 e. The molecule has 4 N–H and O–H groups in total. The molecule has 0 heterocycles. The molecular weight excluding hydrogens is 411 g/mol. The summed E-state index contributed by atoms with van der Waals surface area (Å²) in [6.45, 7) is 3.02. The zero-order chi connectivity index (χ0) is 22.1. The summed E-state index contributed by atoms with van der Waals surface area (Å²) in [6, 6.07) is 0. The average molecular weight is 440 g/mol. The molecule has 0 amide bonds. The number of fused-ring (bicyclic) bond motifs is 5. The van der Waals surface area contributed by atoms with Gasteiger partial charge in [-0.1, -0.05) is 25.5 Å². The predicted octanol–water partition coefficient (Wildman–Crippen LogP) is 1.67. The molecule has 8 nitrogen and oxygen atoms in total. The molecule has 30 heavy (non-hydrogen) atoms. The second kappa shape index (κ2) is 6.92. The van der Waals surface area contributed by atoms with Crippen molar-refractivity contribution in [1.82, 2.24) is 0 Å². The van der Waals surface area contributed by atoms with E-state index in [0.717, 1.165) is 12.0 Å². The van der Waals surface area contributed by atoms with E-state index in [-0.39, 0.29) is 36.4 Å². The van der Waals surface area contributed by atoms with Gasteiger partial charge >= 0.3 is 7.82 Å². The van der Waals surface area contributed by atoms with E-state index in [1.165, 1.54) is 0 Å². The van der Waals surface area contributed by atoms with Crippen molar-refractivity contribution in [2.24, 2.45) is 28.6 Å². The van der Waals surface area contributed by atoms with Gasteiger partial charge in [-0.3, -0.25) is 14.1 Å². The Morgan fingerprint density at radius 1 is 1.23 bits per heavy atom. The summed E-state index contributed by atoms with van der Waals surface area (Å²) >= 11 is 0. The molecule has 9 heteroatoms. The van der Waals surface area contributed by atoms with Crippen molar-refractivity contribution in [3.8, 4) is 0 Å². The van der Waals surface area contributed by atoms with Crippen LogP contribution in [0.1, 0.15) is 46.0 Å². The molecule has 0 aliphatic heterocycles. The molecule has 4 rings (SSSR count). The van der Waals surface area contributed by atoms with Crippen LogP contribution in [0.15, 0.2) is 23.8 Å². The standard InChI is InChI=1S/C21H29O8P/c1-19-7-5-13(22)9-12(19)3-4-14-15-6-8-21(25,11-29-30(26,27)28)18(24)20(15,2)10-16(23)17(14)19/h5,7,9,14-17,23,25H,3-4,6,8,10-11H2,1-2H3,(H2,26,27,28)/t14-,15-,16-,17+,19-,20-,21?/m0/s1. The highest BCUT2D eigenvalue weighted by Gasteiger charge is 2.64. The van der Waals surface area contributed by atoms with Crippen LogP contribution in [0.3, 0.4) is 0 Å². The van der Waals surface area contributed by atoms with Crippen molar-refractivity contribution < 1.29 is 38.7 Å². The van der Waals surface area contributed by atoms with Crippen molar-refractivity contribution >= 4 is 19.4 Å². The summed E-state index contributed by atoms with van der Waals surface area (Å²) in [6.07, 6.45) is 6.47.